The predicted molar refractivity (Wildman–Crippen MR) is 80.7 cm³/mol. The maximum Gasteiger partial charge on any atom is 0.162 e. The lowest BCUT2D eigenvalue weighted by molar-refractivity contribution is -0.0456. The van der Waals surface area contributed by atoms with Crippen molar-refractivity contribution in [3.05, 3.63) is 15.6 Å². The number of aromatic nitrogens is 2. The first kappa shape index (κ1) is 14.0. The zero-order valence-corrected chi connectivity index (χ0v) is 13.2. The van der Waals surface area contributed by atoms with E-state index < -0.39 is 0 Å². The van der Waals surface area contributed by atoms with Crippen LogP contribution in [0.5, 0.6) is 0 Å². The van der Waals surface area contributed by atoms with Crippen LogP contribution in [0.1, 0.15) is 45.4 Å². The molecule has 1 aliphatic rings. The third-order valence-electron chi connectivity index (χ3n) is 3.33. The van der Waals surface area contributed by atoms with Crippen molar-refractivity contribution in [3.63, 3.8) is 0 Å². The maximum absolute atomic E-state index is 5.99. The molecule has 100 valence electrons. The molecule has 1 saturated carbocycles. The molecule has 1 aromatic heterocycles. The molecule has 2 rings (SSSR count). The number of hydrogen-bond acceptors (Lipinski definition) is 4. The van der Waals surface area contributed by atoms with E-state index in [9.17, 15) is 0 Å². The van der Waals surface area contributed by atoms with Crippen LogP contribution in [-0.2, 0) is 10.3 Å². The lowest BCUT2D eigenvalue weighted by Crippen LogP contribution is -2.29. The lowest BCUT2D eigenvalue weighted by atomic mass is 10.0. The van der Waals surface area contributed by atoms with E-state index in [1.807, 2.05) is 13.1 Å². The minimum atomic E-state index is -0.247. The lowest BCUT2D eigenvalue weighted by Gasteiger charge is -2.27. The van der Waals surface area contributed by atoms with Gasteiger partial charge >= 0.3 is 0 Å². The minimum Gasteiger partial charge on any atom is -0.369 e. The van der Waals surface area contributed by atoms with Gasteiger partial charge in [-0.1, -0.05) is 0 Å². The monoisotopic (exact) mass is 361 g/mol. The molecule has 5 heteroatoms. The van der Waals surface area contributed by atoms with E-state index in [0.717, 1.165) is 34.6 Å². The number of halogens is 1. The summed E-state index contributed by atoms with van der Waals surface area (Å²) in [7, 11) is 0. The van der Waals surface area contributed by atoms with Gasteiger partial charge in [0, 0.05) is 19.3 Å². The molecule has 0 aromatic carbocycles. The summed E-state index contributed by atoms with van der Waals surface area (Å²) in [6.45, 7) is 5.70. The highest BCUT2D eigenvalue weighted by Gasteiger charge is 2.39. The van der Waals surface area contributed by atoms with Gasteiger partial charge in [-0.3, -0.25) is 0 Å². The van der Waals surface area contributed by atoms with E-state index in [1.165, 1.54) is 12.8 Å². The number of hydrogen-bond donors (Lipinski definition) is 1. The summed E-state index contributed by atoms with van der Waals surface area (Å²) in [5.41, 5.74) is -0.247. The summed E-state index contributed by atoms with van der Waals surface area (Å²) < 4.78 is 7.05. The fraction of sp³-hybridized carbons (Fsp3) is 0.692. The molecule has 0 bridgehead atoms. The van der Waals surface area contributed by atoms with Crippen molar-refractivity contribution in [1.29, 1.82) is 0 Å². The summed E-state index contributed by atoms with van der Waals surface area (Å²) in [5, 5.41) is 3.28. The van der Waals surface area contributed by atoms with Gasteiger partial charge < -0.3 is 10.1 Å². The van der Waals surface area contributed by atoms with Crippen LogP contribution in [0.2, 0.25) is 0 Å². The van der Waals surface area contributed by atoms with E-state index in [4.69, 9.17) is 4.74 Å². The van der Waals surface area contributed by atoms with E-state index in [-0.39, 0.29) is 5.60 Å². The Kier molecular flexibility index (Phi) is 4.77. The molecule has 4 nitrogen and oxygen atoms in total. The van der Waals surface area contributed by atoms with Crippen molar-refractivity contribution in [3.8, 4) is 0 Å². The fourth-order valence-electron chi connectivity index (χ4n) is 2.53. The first-order valence-electron chi connectivity index (χ1n) is 6.62. The number of rotatable bonds is 5. The maximum atomic E-state index is 5.99. The Morgan fingerprint density at radius 3 is 2.72 bits per heavy atom. The van der Waals surface area contributed by atoms with Crippen molar-refractivity contribution in [2.75, 3.05) is 18.5 Å². The number of nitrogens with one attached hydrogen (secondary N) is 1. The van der Waals surface area contributed by atoms with Crippen LogP contribution in [-0.4, -0.2) is 23.1 Å². The molecule has 0 radical (unpaired) electrons. The topological polar surface area (TPSA) is 47.0 Å². The Morgan fingerprint density at radius 1 is 1.39 bits per heavy atom. The molecule has 18 heavy (non-hydrogen) atoms. The van der Waals surface area contributed by atoms with Gasteiger partial charge in [0.1, 0.15) is 11.4 Å². The van der Waals surface area contributed by atoms with E-state index >= 15 is 0 Å². The molecule has 0 aliphatic heterocycles. The molecule has 0 unspecified atom stereocenters. The van der Waals surface area contributed by atoms with Crippen LogP contribution in [0.25, 0.3) is 0 Å². The number of anilines is 1. The van der Waals surface area contributed by atoms with Gasteiger partial charge in [-0.15, -0.1) is 0 Å². The highest BCUT2D eigenvalue weighted by Crippen LogP contribution is 2.40. The smallest absolute Gasteiger partial charge is 0.162 e. The van der Waals surface area contributed by atoms with Crippen molar-refractivity contribution >= 4 is 28.4 Å². The van der Waals surface area contributed by atoms with Gasteiger partial charge in [0.05, 0.1) is 3.57 Å². The molecule has 1 fully saturated rings. The fourth-order valence-corrected chi connectivity index (χ4v) is 2.98. The zero-order valence-electron chi connectivity index (χ0n) is 11.0. The Morgan fingerprint density at radius 2 is 2.11 bits per heavy atom. The van der Waals surface area contributed by atoms with Gasteiger partial charge in [-0.2, -0.15) is 0 Å². The first-order valence-corrected chi connectivity index (χ1v) is 7.70. The summed E-state index contributed by atoms with van der Waals surface area (Å²) in [6.07, 6.45) is 6.36. The van der Waals surface area contributed by atoms with Crippen molar-refractivity contribution < 1.29 is 4.74 Å². The average molecular weight is 361 g/mol. The minimum absolute atomic E-state index is 0.247. The Balaban J connectivity index is 2.33. The van der Waals surface area contributed by atoms with Crippen molar-refractivity contribution in [2.45, 2.75) is 45.1 Å². The van der Waals surface area contributed by atoms with Gasteiger partial charge in [-0.05, 0) is 62.1 Å². The third kappa shape index (κ3) is 2.77. The van der Waals surface area contributed by atoms with Crippen LogP contribution in [0, 0.1) is 3.57 Å². The molecule has 1 aliphatic carbocycles. The van der Waals surface area contributed by atoms with Crippen LogP contribution in [0.3, 0.4) is 0 Å². The van der Waals surface area contributed by atoms with Crippen LogP contribution in [0.15, 0.2) is 6.20 Å². The summed E-state index contributed by atoms with van der Waals surface area (Å²) in [6, 6.07) is 0. The Bertz CT molecular complexity index is 405. The van der Waals surface area contributed by atoms with Crippen molar-refractivity contribution in [2.24, 2.45) is 0 Å². The third-order valence-corrected chi connectivity index (χ3v) is 4.12. The Labute approximate surface area is 122 Å². The number of nitrogens with zero attached hydrogens (tertiary/aromatic N) is 2. The van der Waals surface area contributed by atoms with Gasteiger partial charge in [0.15, 0.2) is 5.82 Å². The first-order chi connectivity index (χ1) is 8.72. The van der Waals surface area contributed by atoms with E-state index in [2.05, 4.69) is 44.8 Å². The SMILES string of the molecule is CCNc1nc(C2(OCC)CCCC2)ncc1I. The zero-order chi connectivity index (χ0) is 13.0. The van der Waals surface area contributed by atoms with E-state index in [1.54, 1.807) is 0 Å². The quantitative estimate of drug-likeness (QED) is 0.818. The van der Waals surface area contributed by atoms with Gasteiger partial charge in [0.25, 0.3) is 0 Å². The van der Waals surface area contributed by atoms with Gasteiger partial charge in [-0.25, -0.2) is 9.97 Å². The molecular weight excluding hydrogens is 341 g/mol. The van der Waals surface area contributed by atoms with E-state index in [0.29, 0.717) is 6.61 Å². The molecular formula is C13H20IN3O. The average Bonchev–Trinajstić information content (AvgIpc) is 2.82. The highest BCUT2D eigenvalue weighted by molar-refractivity contribution is 14.1. The summed E-state index contributed by atoms with van der Waals surface area (Å²) in [5.74, 6) is 1.77. The summed E-state index contributed by atoms with van der Waals surface area (Å²) >= 11 is 2.26. The molecule has 0 amide bonds. The van der Waals surface area contributed by atoms with Crippen LogP contribution >= 0.6 is 22.6 Å². The second-order valence-electron chi connectivity index (χ2n) is 4.55. The standard InChI is InChI=1S/C13H20IN3O/c1-3-15-11-10(14)9-16-12(17-11)13(18-4-2)7-5-6-8-13/h9H,3-8H2,1-2H3,(H,15,16,17). The van der Waals surface area contributed by atoms with Crippen LogP contribution in [0.4, 0.5) is 5.82 Å². The molecule has 0 saturated heterocycles. The highest BCUT2D eigenvalue weighted by atomic mass is 127. The molecule has 1 heterocycles. The normalized spacial score (nSPS) is 17.9. The summed E-state index contributed by atoms with van der Waals surface area (Å²) in [4.78, 5) is 9.19. The molecule has 0 atom stereocenters. The second kappa shape index (κ2) is 6.14. The molecule has 0 spiro atoms. The molecule has 1 aromatic rings. The van der Waals surface area contributed by atoms with Crippen LogP contribution < -0.4 is 5.32 Å². The number of ether oxygens (including phenoxy) is 1. The predicted octanol–water partition coefficient (Wildman–Crippen LogP) is 3.32. The van der Waals surface area contributed by atoms with Crippen molar-refractivity contribution in [1.82, 2.24) is 9.97 Å². The molecule has 1 N–H and O–H groups in total. The Hall–Kier alpha value is -0.430. The van der Waals surface area contributed by atoms with Gasteiger partial charge in [0.2, 0.25) is 0 Å². The largest absolute Gasteiger partial charge is 0.369 e. The second-order valence-corrected chi connectivity index (χ2v) is 5.72.